The Balaban J connectivity index is 1.66. The molecule has 1 aliphatic carbocycles. The minimum atomic E-state index is -0.430. The molecule has 2 amide bonds. The summed E-state index contributed by atoms with van der Waals surface area (Å²) in [4.78, 5) is 28.9. The van der Waals surface area contributed by atoms with Crippen molar-refractivity contribution >= 4 is 17.5 Å². The van der Waals surface area contributed by atoms with Crippen LogP contribution in [0.15, 0.2) is 42.6 Å². The predicted molar refractivity (Wildman–Crippen MR) is 97.5 cm³/mol. The number of hydrogen-bond donors (Lipinski definition) is 2. The molecule has 1 fully saturated rings. The fourth-order valence-corrected chi connectivity index (χ4v) is 3.15. The van der Waals surface area contributed by atoms with Crippen molar-refractivity contribution in [2.24, 2.45) is 0 Å². The number of amides is 2. The van der Waals surface area contributed by atoms with Crippen LogP contribution < -0.4 is 10.6 Å². The normalized spacial score (nSPS) is 15.1. The Morgan fingerprint density at radius 2 is 1.77 bits per heavy atom. The number of rotatable bonds is 4. The minimum Gasteiger partial charge on any atom is -0.348 e. The van der Waals surface area contributed by atoms with Crippen molar-refractivity contribution in [2.45, 2.75) is 44.6 Å². The van der Waals surface area contributed by atoms with Crippen molar-refractivity contribution in [1.82, 2.24) is 10.3 Å². The lowest BCUT2D eigenvalue weighted by Crippen LogP contribution is -2.35. The number of halogens is 1. The predicted octanol–water partition coefficient (Wildman–Crippen LogP) is 3.93. The molecule has 0 spiro atoms. The fourth-order valence-electron chi connectivity index (χ4n) is 3.15. The molecule has 1 heterocycles. The zero-order valence-corrected chi connectivity index (χ0v) is 14.5. The molecule has 1 aliphatic rings. The van der Waals surface area contributed by atoms with E-state index in [1.54, 1.807) is 6.07 Å². The molecule has 0 bridgehead atoms. The second kappa shape index (κ2) is 8.56. The van der Waals surface area contributed by atoms with Gasteiger partial charge in [0.2, 0.25) is 0 Å². The van der Waals surface area contributed by atoms with Crippen molar-refractivity contribution in [3.63, 3.8) is 0 Å². The molecule has 1 aromatic carbocycles. The Labute approximate surface area is 152 Å². The Bertz CT molecular complexity index is 786. The van der Waals surface area contributed by atoms with Gasteiger partial charge in [-0.15, -0.1) is 0 Å². The summed E-state index contributed by atoms with van der Waals surface area (Å²) in [6.07, 6.45) is 8.04. The van der Waals surface area contributed by atoms with Gasteiger partial charge >= 0.3 is 0 Å². The summed E-state index contributed by atoms with van der Waals surface area (Å²) in [6, 6.07) is 8.80. The molecule has 136 valence electrons. The summed E-state index contributed by atoms with van der Waals surface area (Å²) >= 11 is 0. The lowest BCUT2D eigenvalue weighted by molar-refractivity contribution is 0.0928. The van der Waals surface area contributed by atoms with E-state index in [1.165, 1.54) is 49.4 Å². The van der Waals surface area contributed by atoms with Gasteiger partial charge in [0.15, 0.2) is 0 Å². The monoisotopic (exact) mass is 355 g/mol. The average Bonchev–Trinajstić information content (AvgIpc) is 2.90. The molecule has 0 unspecified atom stereocenters. The molecule has 2 N–H and O–H groups in total. The number of nitrogens with one attached hydrogen (secondary N) is 2. The molecule has 0 radical (unpaired) electrons. The minimum absolute atomic E-state index is 0.163. The summed E-state index contributed by atoms with van der Waals surface area (Å²) < 4.78 is 13.2. The molecular formula is C20H22FN3O2. The number of carbonyl (C=O) groups excluding carboxylic acids is 2. The van der Waals surface area contributed by atoms with Crippen LogP contribution in [0.1, 0.15) is 59.4 Å². The van der Waals surface area contributed by atoms with Crippen LogP contribution in [0, 0.1) is 5.82 Å². The topological polar surface area (TPSA) is 71.1 Å². The SMILES string of the molecule is O=C(Nc1cccc(F)c1)c1ccnc(C(=O)NC2CCCCCC2)c1. The molecule has 1 aromatic heterocycles. The first-order valence-corrected chi connectivity index (χ1v) is 8.95. The molecule has 0 atom stereocenters. The molecule has 0 saturated heterocycles. The van der Waals surface area contributed by atoms with Crippen LogP contribution >= 0.6 is 0 Å². The van der Waals surface area contributed by atoms with Gasteiger partial charge in [-0.1, -0.05) is 31.7 Å². The lowest BCUT2D eigenvalue weighted by Gasteiger charge is -2.16. The third kappa shape index (κ3) is 4.88. The van der Waals surface area contributed by atoms with Gasteiger partial charge in [-0.25, -0.2) is 4.39 Å². The van der Waals surface area contributed by atoms with E-state index in [-0.39, 0.29) is 17.6 Å². The summed E-state index contributed by atoms with van der Waals surface area (Å²) in [7, 11) is 0. The molecule has 3 rings (SSSR count). The zero-order valence-electron chi connectivity index (χ0n) is 14.5. The number of benzene rings is 1. The summed E-state index contributed by atoms with van der Waals surface area (Å²) in [5.74, 6) is -1.11. The van der Waals surface area contributed by atoms with Gasteiger partial charge in [-0.2, -0.15) is 0 Å². The second-order valence-electron chi connectivity index (χ2n) is 6.56. The van der Waals surface area contributed by atoms with Crippen LogP contribution in [0.5, 0.6) is 0 Å². The van der Waals surface area contributed by atoms with Crippen molar-refractivity contribution < 1.29 is 14.0 Å². The Morgan fingerprint density at radius 3 is 2.50 bits per heavy atom. The van der Waals surface area contributed by atoms with E-state index >= 15 is 0 Å². The van der Waals surface area contributed by atoms with E-state index in [0.29, 0.717) is 11.3 Å². The lowest BCUT2D eigenvalue weighted by atomic mass is 10.1. The van der Waals surface area contributed by atoms with E-state index in [1.807, 2.05) is 0 Å². The molecule has 26 heavy (non-hydrogen) atoms. The molecule has 2 aromatic rings. The maximum atomic E-state index is 13.2. The quantitative estimate of drug-likeness (QED) is 0.817. The number of hydrogen-bond acceptors (Lipinski definition) is 3. The zero-order chi connectivity index (χ0) is 18.4. The van der Waals surface area contributed by atoms with Gasteiger partial charge in [0, 0.05) is 23.5 Å². The first-order chi connectivity index (χ1) is 12.6. The highest BCUT2D eigenvalue weighted by atomic mass is 19.1. The number of pyridine rings is 1. The molecule has 0 aliphatic heterocycles. The van der Waals surface area contributed by atoms with Crippen molar-refractivity contribution in [3.05, 3.63) is 59.7 Å². The summed E-state index contributed by atoms with van der Waals surface area (Å²) in [5, 5.41) is 5.63. The van der Waals surface area contributed by atoms with E-state index in [0.717, 1.165) is 25.7 Å². The van der Waals surface area contributed by atoms with Gasteiger partial charge in [0.05, 0.1) is 0 Å². The van der Waals surface area contributed by atoms with Crippen LogP contribution in [0.25, 0.3) is 0 Å². The standard InChI is InChI=1S/C20H22FN3O2/c21-15-6-5-9-17(13-15)24-19(25)14-10-11-22-18(12-14)20(26)23-16-7-3-1-2-4-8-16/h5-6,9-13,16H,1-4,7-8H2,(H,23,26)(H,24,25). The van der Waals surface area contributed by atoms with Crippen LogP contribution in [-0.4, -0.2) is 22.8 Å². The van der Waals surface area contributed by atoms with Gasteiger partial charge in [0.1, 0.15) is 11.5 Å². The van der Waals surface area contributed by atoms with Gasteiger partial charge in [-0.3, -0.25) is 14.6 Å². The van der Waals surface area contributed by atoms with Crippen molar-refractivity contribution in [1.29, 1.82) is 0 Å². The van der Waals surface area contributed by atoms with E-state index in [4.69, 9.17) is 0 Å². The maximum Gasteiger partial charge on any atom is 0.270 e. The summed E-state index contributed by atoms with van der Waals surface area (Å²) in [5.41, 5.74) is 0.868. The first kappa shape index (κ1) is 18.0. The van der Waals surface area contributed by atoms with Gasteiger partial charge in [-0.05, 0) is 43.2 Å². The number of anilines is 1. The first-order valence-electron chi connectivity index (χ1n) is 8.95. The Kier molecular flexibility index (Phi) is 5.94. The van der Waals surface area contributed by atoms with Crippen molar-refractivity contribution in [2.75, 3.05) is 5.32 Å². The van der Waals surface area contributed by atoms with Crippen LogP contribution in [0.3, 0.4) is 0 Å². The Hall–Kier alpha value is -2.76. The molecular weight excluding hydrogens is 333 g/mol. The molecule has 1 saturated carbocycles. The third-order valence-corrected chi connectivity index (χ3v) is 4.53. The second-order valence-corrected chi connectivity index (χ2v) is 6.56. The average molecular weight is 355 g/mol. The maximum absolute atomic E-state index is 13.2. The highest BCUT2D eigenvalue weighted by Gasteiger charge is 2.17. The van der Waals surface area contributed by atoms with Crippen LogP contribution in [0.2, 0.25) is 0 Å². The van der Waals surface area contributed by atoms with Crippen molar-refractivity contribution in [3.8, 4) is 0 Å². The number of aromatic nitrogens is 1. The smallest absolute Gasteiger partial charge is 0.270 e. The Morgan fingerprint density at radius 1 is 1.00 bits per heavy atom. The van der Waals surface area contributed by atoms with E-state index in [2.05, 4.69) is 15.6 Å². The van der Waals surface area contributed by atoms with Gasteiger partial charge in [0.25, 0.3) is 11.8 Å². The molecule has 5 nitrogen and oxygen atoms in total. The third-order valence-electron chi connectivity index (χ3n) is 4.53. The largest absolute Gasteiger partial charge is 0.348 e. The van der Waals surface area contributed by atoms with Gasteiger partial charge < -0.3 is 10.6 Å². The van der Waals surface area contributed by atoms with Crippen LogP contribution in [0.4, 0.5) is 10.1 Å². The van der Waals surface area contributed by atoms with E-state index in [9.17, 15) is 14.0 Å². The molecule has 6 heteroatoms. The summed E-state index contributed by atoms with van der Waals surface area (Å²) in [6.45, 7) is 0. The van der Waals surface area contributed by atoms with E-state index < -0.39 is 11.7 Å². The highest BCUT2D eigenvalue weighted by Crippen LogP contribution is 2.18. The highest BCUT2D eigenvalue weighted by molar-refractivity contribution is 6.05. The number of carbonyl (C=O) groups is 2. The fraction of sp³-hybridized carbons (Fsp3) is 0.350. The number of nitrogens with zero attached hydrogens (tertiary/aromatic N) is 1. The van der Waals surface area contributed by atoms with Crippen LogP contribution in [-0.2, 0) is 0 Å².